The lowest BCUT2D eigenvalue weighted by Crippen LogP contribution is -2.44. The summed E-state index contributed by atoms with van der Waals surface area (Å²) in [6, 6.07) is 0. The molecule has 2 aromatic rings. The number of piperidine rings is 1. The van der Waals surface area contributed by atoms with Crippen LogP contribution in [0.2, 0.25) is 0 Å². The van der Waals surface area contributed by atoms with Gasteiger partial charge in [-0.3, -0.25) is 19.0 Å². The highest BCUT2D eigenvalue weighted by Gasteiger charge is 2.35. The average molecular weight is 452 g/mol. The summed E-state index contributed by atoms with van der Waals surface area (Å²) in [5.74, 6) is -1.19. The Labute approximate surface area is 181 Å². The van der Waals surface area contributed by atoms with Crippen molar-refractivity contribution in [2.75, 3.05) is 25.0 Å². The molecular weight excluding hydrogens is 422 g/mol. The Balaban J connectivity index is 1.74. The summed E-state index contributed by atoms with van der Waals surface area (Å²) < 4.78 is 30.4. The number of hydrogen-bond acceptors (Lipinski definition) is 6. The Kier molecular flexibility index (Phi) is 6.80. The van der Waals surface area contributed by atoms with E-state index < -0.39 is 15.9 Å². The predicted octanol–water partition coefficient (Wildman–Crippen LogP) is 0.641. The lowest BCUT2D eigenvalue weighted by atomic mass is 9.98. The zero-order chi connectivity index (χ0) is 22.8. The monoisotopic (exact) mass is 451 g/mol. The van der Waals surface area contributed by atoms with Gasteiger partial charge in [-0.1, -0.05) is 6.92 Å². The molecule has 1 unspecified atom stereocenters. The number of amides is 2. The van der Waals surface area contributed by atoms with Gasteiger partial charge in [0.1, 0.15) is 10.6 Å². The van der Waals surface area contributed by atoms with Crippen LogP contribution in [0.15, 0.2) is 17.3 Å². The van der Waals surface area contributed by atoms with Gasteiger partial charge < -0.3 is 10.6 Å². The zero-order valence-electron chi connectivity index (χ0n) is 18.3. The molecule has 31 heavy (non-hydrogen) atoms. The van der Waals surface area contributed by atoms with Gasteiger partial charge in [0, 0.05) is 33.7 Å². The van der Waals surface area contributed by atoms with Crippen molar-refractivity contribution in [1.82, 2.24) is 29.2 Å². The molecule has 1 fully saturated rings. The van der Waals surface area contributed by atoms with Crippen molar-refractivity contribution in [3.8, 4) is 0 Å². The van der Waals surface area contributed by atoms with E-state index in [1.54, 1.807) is 21.0 Å². The van der Waals surface area contributed by atoms with Gasteiger partial charge in [0.05, 0.1) is 29.7 Å². The van der Waals surface area contributed by atoms with Crippen molar-refractivity contribution in [2.24, 2.45) is 20.0 Å². The molecule has 1 saturated heterocycles. The lowest BCUT2D eigenvalue weighted by Gasteiger charge is -2.31. The standard InChI is InChI=1S/C19H29N7O4S/c1-5-8-20-19(28)17-15(10-21-25(17)4)23-18(27)14-7-6-9-26(12-14)31(29,30)16-11-22-24(3)13(16)2/h10-11,14H,5-9,12H2,1-4H3,(H,20,28)(H,23,27). The number of aromatic nitrogens is 4. The summed E-state index contributed by atoms with van der Waals surface area (Å²) in [5, 5.41) is 13.6. The quantitative estimate of drug-likeness (QED) is 0.635. The van der Waals surface area contributed by atoms with E-state index in [4.69, 9.17) is 0 Å². The topological polar surface area (TPSA) is 131 Å². The summed E-state index contributed by atoms with van der Waals surface area (Å²) in [7, 11) is -0.439. The summed E-state index contributed by atoms with van der Waals surface area (Å²) in [4.78, 5) is 25.5. The molecule has 2 N–H and O–H groups in total. The van der Waals surface area contributed by atoms with Gasteiger partial charge in [-0.05, 0) is 26.2 Å². The van der Waals surface area contributed by atoms with Crippen molar-refractivity contribution in [3.63, 3.8) is 0 Å². The van der Waals surface area contributed by atoms with Gasteiger partial charge in [0.15, 0.2) is 0 Å². The van der Waals surface area contributed by atoms with Gasteiger partial charge in [0.25, 0.3) is 5.91 Å². The minimum Gasteiger partial charge on any atom is -0.351 e. The number of nitrogens with one attached hydrogen (secondary N) is 2. The van der Waals surface area contributed by atoms with Crippen LogP contribution in [-0.4, -0.2) is 63.7 Å². The van der Waals surface area contributed by atoms with E-state index in [0.717, 1.165) is 6.42 Å². The van der Waals surface area contributed by atoms with Crippen LogP contribution >= 0.6 is 0 Å². The Bertz CT molecular complexity index is 1070. The van der Waals surface area contributed by atoms with E-state index in [1.807, 2.05) is 6.92 Å². The number of hydrogen-bond donors (Lipinski definition) is 2. The molecule has 3 rings (SSSR count). The van der Waals surface area contributed by atoms with Crippen LogP contribution in [0.4, 0.5) is 5.69 Å². The van der Waals surface area contributed by atoms with E-state index in [-0.39, 0.29) is 28.9 Å². The summed E-state index contributed by atoms with van der Waals surface area (Å²) >= 11 is 0. The van der Waals surface area contributed by atoms with Crippen LogP contribution in [-0.2, 0) is 28.9 Å². The molecule has 0 spiro atoms. The van der Waals surface area contributed by atoms with E-state index in [1.165, 1.54) is 26.1 Å². The molecule has 12 heteroatoms. The molecule has 11 nitrogen and oxygen atoms in total. The maximum atomic E-state index is 13.1. The fourth-order valence-electron chi connectivity index (χ4n) is 3.60. The predicted molar refractivity (Wildman–Crippen MR) is 114 cm³/mol. The highest BCUT2D eigenvalue weighted by molar-refractivity contribution is 7.89. The SMILES string of the molecule is CCCNC(=O)c1c(NC(=O)C2CCCN(S(=O)(=O)c3cnn(C)c3C)C2)cnn1C. The lowest BCUT2D eigenvalue weighted by molar-refractivity contribution is -0.120. The van der Waals surface area contributed by atoms with Crippen molar-refractivity contribution in [3.05, 3.63) is 23.8 Å². The van der Waals surface area contributed by atoms with Crippen LogP contribution < -0.4 is 10.6 Å². The number of nitrogens with zero attached hydrogens (tertiary/aromatic N) is 5. The first-order valence-corrected chi connectivity index (χ1v) is 11.7. The number of carbonyl (C=O) groups excluding carboxylic acids is 2. The van der Waals surface area contributed by atoms with Crippen molar-refractivity contribution in [1.29, 1.82) is 0 Å². The van der Waals surface area contributed by atoms with Gasteiger partial charge in [-0.2, -0.15) is 14.5 Å². The number of carbonyl (C=O) groups is 2. The molecule has 0 bridgehead atoms. The molecule has 1 aliphatic rings. The van der Waals surface area contributed by atoms with E-state index in [9.17, 15) is 18.0 Å². The van der Waals surface area contributed by atoms with E-state index >= 15 is 0 Å². The first kappa shape index (κ1) is 22.9. The van der Waals surface area contributed by atoms with Crippen LogP contribution in [0.5, 0.6) is 0 Å². The Morgan fingerprint density at radius 1 is 1.19 bits per heavy atom. The molecular formula is C19H29N7O4S. The second-order valence-corrected chi connectivity index (χ2v) is 9.60. The maximum Gasteiger partial charge on any atom is 0.271 e. The van der Waals surface area contributed by atoms with Crippen LogP contribution in [0.25, 0.3) is 0 Å². The summed E-state index contributed by atoms with van der Waals surface area (Å²) in [6.07, 6.45) is 4.67. The zero-order valence-corrected chi connectivity index (χ0v) is 19.1. The molecule has 0 saturated carbocycles. The van der Waals surface area contributed by atoms with E-state index in [0.29, 0.717) is 37.3 Å². The number of aryl methyl sites for hydroxylation is 2. The van der Waals surface area contributed by atoms with Crippen LogP contribution in [0, 0.1) is 12.8 Å². The molecule has 0 aliphatic carbocycles. The summed E-state index contributed by atoms with van der Waals surface area (Å²) in [5.41, 5.74) is 1.11. The second kappa shape index (κ2) is 9.18. The van der Waals surface area contributed by atoms with Crippen LogP contribution in [0.1, 0.15) is 42.4 Å². The fraction of sp³-hybridized carbons (Fsp3) is 0.579. The molecule has 3 heterocycles. The first-order valence-electron chi connectivity index (χ1n) is 10.3. The number of anilines is 1. The molecule has 170 valence electrons. The van der Waals surface area contributed by atoms with Crippen molar-refractivity contribution < 1.29 is 18.0 Å². The number of rotatable bonds is 7. The van der Waals surface area contributed by atoms with Crippen molar-refractivity contribution in [2.45, 2.75) is 38.0 Å². The molecule has 0 radical (unpaired) electrons. The van der Waals surface area contributed by atoms with Gasteiger partial charge in [-0.15, -0.1) is 0 Å². The van der Waals surface area contributed by atoms with Gasteiger partial charge >= 0.3 is 0 Å². The molecule has 2 amide bonds. The second-order valence-electron chi connectivity index (χ2n) is 7.70. The number of sulfonamides is 1. The highest BCUT2D eigenvalue weighted by atomic mass is 32.2. The summed E-state index contributed by atoms with van der Waals surface area (Å²) in [6.45, 7) is 4.57. The highest BCUT2D eigenvalue weighted by Crippen LogP contribution is 2.26. The third kappa shape index (κ3) is 4.64. The van der Waals surface area contributed by atoms with Gasteiger partial charge in [0.2, 0.25) is 15.9 Å². The molecule has 1 aliphatic heterocycles. The Morgan fingerprint density at radius 2 is 1.90 bits per heavy atom. The third-order valence-corrected chi connectivity index (χ3v) is 7.48. The van der Waals surface area contributed by atoms with Crippen LogP contribution in [0.3, 0.4) is 0 Å². The molecule has 2 aromatic heterocycles. The normalized spacial score (nSPS) is 17.5. The average Bonchev–Trinajstić information content (AvgIpc) is 3.28. The van der Waals surface area contributed by atoms with Gasteiger partial charge in [-0.25, -0.2) is 8.42 Å². The van der Waals surface area contributed by atoms with Crippen molar-refractivity contribution >= 4 is 27.5 Å². The first-order chi connectivity index (χ1) is 14.7. The molecule has 0 aromatic carbocycles. The largest absolute Gasteiger partial charge is 0.351 e. The molecule has 1 atom stereocenters. The minimum absolute atomic E-state index is 0.0696. The Hall–Kier alpha value is -2.73. The maximum absolute atomic E-state index is 13.1. The van der Waals surface area contributed by atoms with E-state index in [2.05, 4.69) is 20.8 Å². The Morgan fingerprint density at radius 3 is 2.55 bits per heavy atom. The third-order valence-electron chi connectivity index (χ3n) is 5.51. The minimum atomic E-state index is -3.75. The smallest absolute Gasteiger partial charge is 0.271 e. The fourth-order valence-corrected chi connectivity index (χ4v) is 5.31.